The van der Waals surface area contributed by atoms with E-state index in [-0.39, 0.29) is 25.8 Å². The standard InChI is InChI=1S/C16H22F3NO7S/c1-20-8-7-11-3-5-13-15(27-11,10-25-28(22,23)16(17,18)19)9-12(26-13)4-6-14(21)24-2/h11-13H,3-10H2,2H3/t11-,12+,13+,15?/m1/s1. The molecule has 0 N–H and O–H groups in total. The zero-order valence-electron chi connectivity index (χ0n) is 15.2. The molecule has 2 rings (SSSR count). The van der Waals surface area contributed by atoms with Gasteiger partial charge in [-0.15, -0.1) is 0 Å². The first-order chi connectivity index (χ1) is 13.0. The van der Waals surface area contributed by atoms with E-state index in [1.165, 1.54) is 7.11 Å². The van der Waals surface area contributed by atoms with Crippen LogP contribution in [0, 0.1) is 6.57 Å². The van der Waals surface area contributed by atoms with Crippen LogP contribution in [0.1, 0.15) is 38.5 Å². The van der Waals surface area contributed by atoms with E-state index in [9.17, 15) is 26.4 Å². The summed E-state index contributed by atoms with van der Waals surface area (Å²) in [6.45, 7) is 6.20. The fourth-order valence-corrected chi connectivity index (χ4v) is 3.99. The van der Waals surface area contributed by atoms with Crippen molar-refractivity contribution in [3.63, 3.8) is 0 Å². The summed E-state index contributed by atoms with van der Waals surface area (Å²) in [5, 5.41) is 0. The Bertz CT molecular complexity index is 706. The Hall–Kier alpha value is -1.42. The van der Waals surface area contributed by atoms with Gasteiger partial charge in [0.2, 0.25) is 6.54 Å². The minimum atomic E-state index is -5.78. The molecule has 0 amide bonds. The molecule has 0 bridgehead atoms. The van der Waals surface area contributed by atoms with Gasteiger partial charge in [0.1, 0.15) is 5.60 Å². The lowest BCUT2D eigenvalue weighted by Gasteiger charge is -2.41. The van der Waals surface area contributed by atoms with Crippen LogP contribution in [0.5, 0.6) is 0 Å². The Morgan fingerprint density at radius 2 is 2.00 bits per heavy atom. The highest BCUT2D eigenvalue weighted by atomic mass is 32.2. The van der Waals surface area contributed by atoms with E-state index in [4.69, 9.17) is 16.0 Å². The zero-order valence-corrected chi connectivity index (χ0v) is 16.1. The van der Waals surface area contributed by atoms with E-state index in [1.54, 1.807) is 0 Å². The summed E-state index contributed by atoms with van der Waals surface area (Å²) in [5.41, 5.74) is -6.93. The fourth-order valence-electron chi connectivity index (χ4n) is 3.50. The highest BCUT2D eigenvalue weighted by Gasteiger charge is 2.56. The lowest BCUT2D eigenvalue weighted by atomic mass is 9.86. The van der Waals surface area contributed by atoms with Gasteiger partial charge in [0.15, 0.2) is 0 Å². The quantitative estimate of drug-likeness (QED) is 0.253. The second-order valence-corrected chi connectivity index (χ2v) is 8.39. The van der Waals surface area contributed by atoms with E-state index in [2.05, 4.69) is 13.8 Å². The molecule has 0 aromatic heterocycles. The molecule has 0 aromatic rings. The molecule has 12 heteroatoms. The number of halogens is 3. The Labute approximate surface area is 161 Å². The highest BCUT2D eigenvalue weighted by molar-refractivity contribution is 7.87. The van der Waals surface area contributed by atoms with Crippen LogP contribution in [0.2, 0.25) is 0 Å². The van der Waals surface area contributed by atoms with Crippen LogP contribution >= 0.6 is 0 Å². The van der Waals surface area contributed by atoms with Crippen molar-refractivity contribution in [3.8, 4) is 0 Å². The van der Waals surface area contributed by atoms with Crippen molar-refractivity contribution in [1.82, 2.24) is 0 Å². The van der Waals surface area contributed by atoms with Gasteiger partial charge in [-0.05, 0) is 19.3 Å². The van der Waals surface area contributed by atoms with Gasteiger partial charge in [-0.2, -0.15) is 21.6 Å². The van der Waals surface area contributed by atoms with Crippen molar-refractivity contribution in [2.75, 3.05) is 20.3 Å². The third-order valence-corrected chi connectivity index (χ3v) is 5.87. The third-order valence-electron chi connectivity index (χ3n) is 4.87. The minimum absolute atomic E-state index is 0.0484. The number of hydrogen-bond donors (Lipinski definition) is 0. The van der Waals surface area contributed by atoms with Crippen molar-refractivity contribution in [2.45, 2.75) is 67.9 Å². The Morgan fingerprint density at radius 3 is 2.61 bits per heavy atom. The van der Waals surface area contributed by atoms with Gasteiger partial charge in [-0.3, -0.25) is 8.98 Å². The van der Waals surface area contributed by atoms with Crippen LogP contribution in [0.3, 0.4) is 0 Å². The maximum atomic E-state index is 12.6. The first-order valence-electron chi connectivity index (χ1n) is 8.72. The molecule has 2 aliphatic heterocycles. The first kappa shape index (κ1) is 22.9. The monoisotopic (exact) mass is 429 g/mol. The summed E-state index contributed by atoms with van der Waals surface area (Å²) in [7, 11) is -4.54. The molecule has 0 aromatic carbocycles. The number of methoxy groups -OCH3 is 1. The van der Waals surface area contributed by atoms with Crippen LogP contribution in [-0.2, 0) is 33.3 Å². The molecule has 0 aliphatic carbocycles. The second kappa shape index (κ2) is 8.94. The molecule has 0 radical (unpaired) electrons. The molecule has 2 aliphatic rings. The fraction of sp³-hybridized carbons (Fsp3) is 0.875. The van der Waals surface area contributed by atoms with Crippen LogP contribution in [-0.4, -0.2) is 64.1 Å². The maximum absolute atomic E-state index is 12.6. The number of esters is 1. The third kappa shape index (κ3) is 5.34. The molecule has 2 saturated heterocycles. The molecule has 4 atom stereocenters. The molecular weight excluding hydrogens is 407 g/mol. The largest absolute Gasteiger partial charge is 0.523 e. The number of ether oxygens (including phenoxy) is 3. The summed E-state index contributed by atoms with van der Waals surface area (Å²) in [6, 6.07) is 0. The molecule has 8 nitrogen and oxygen atoms in total. The Kier molecular flexibility index (Phi) is 7.30. The summed E-state index contributed by atoms with van der Waals surface area (Å²) >= 11 is 0. The van der Waals surface area contributed by atoms with Gasteiger partial charge in [0.05, 0.1) is 32.0 Å². The van der Waals surface area contributed by atoms with Crippen molar-refractivity contribution >= 4 is 16.1 Å². The van der Waals surface area contributed by atoms with Crippen LogP contribution in [0.25, 0.3) is 4.85 Å². The number of carbonyl (C=O) groups is 1. The normalized spacial score (nSPS) is 30.5. The number of fused-ring (bicyclic) bond motifs is 1. The second-order valence-electron chi connectivity index (χ2n) is 6.78. The van der Waals surface area contributed by atoms with Gasteiger partial charge in [-0.25, -0.2) is 6.57 Å². The predicted molar refractivity (Wildman–Crippen MR) is 88.4 cm³/mol. The topological polar surface area (TPSA) is 92.5 Å². The molecule has 1 unspecified atom stereocenters. The SMILES string of the molecule is [C-]#[N+]CC[C@H]1CC[C@@H]2O[C@@H](CCC(=O)OC)CC2(COS(=O)(=O)C(F)(F)F)O1. The van der Waals surface area contributed by atoms with Crippen molar-refractivity contribution in [3.05, 3.63) is 11.4 Å². The van der Waals surface area contributed by atoms with Gasteiger partial charge < -0.3 is 19.1 Å². The highest BCUT2D eigenvalue weighted by Crippen LogP contribution is 2.44. The average molecular weight is 429 g/mol. The van der Waals surface area contributed by atoms with Crippen molar-refractivity contribution in [2.24, 2.45) is 0 Å². The Morgan fingerprint density at radius 1 is 1.29 bits per heavy atom. The van der Waals surface area contributed by atoms with Gasteiger partial charge in [-0.1, -0.05) is 0 Å². The molecule has 2 heterocycles. The van der Waals surface area contributed by atoms with E-state index < -0.39 is 52.1 Å². The van der Waals surface area contributed by atoms with Crippen LogP contribution < -0.4 is 0 Å². The first-order valence-corrected chi connectivity index (χ1v) is 10.1. The lowest BCUT2D eigenvalue weighted by molar-refractivity contribution is -0.180. The van der Waals surface area contributed by atoms with E-state index in [0.29, 0.717) is 19.3 Å². The molecule has 0 spiro atoms. The summed E-state index contributed by atoms with van der Waals surface area (Å²) in [5.74, 6) is -0.459. The smallest absolute Gasteiger partial charge is 0.469 e. The molecule has 160 valence electrons. The van der Waals surface area contributed by atoms with Crippen LogP contribution in [0.15, 0.2) is 0 Å². The lowest BCUT2D eigenvalue weighted by Crippen LogP contribution is -2.52. The minimum Gasteiger partial charge on any atom is -0.469 e. The van der Waals surface area contributed by atoms with E-state index in [1.807, 2.05) is 0 Å². The summed E-state index contributed by atoms with van der Waals surface area (Å²) in [4.78, 5) is 14.6. The molecule has 0 saturated carbocycles. The van der Waals surface area contributed by atoms with Crippen molar-refractivity contribution < 1.29 is 44.8 Å². The molecule has 2 fully saturated rings. The van der Waals surface area contributed by atoms with Crippen molar-refractivity contribution in [1.29, 1.82) is 0 Å². The number of carbonyl (C=O) groups excluding carboxylic acids is 1. The average Bonchev–Trinajstić information content (AvgIpc) is 3.00. The summed E-state index contributed by atoms with van der Waals surface area (Å²) in [6.07, 6.45) is 0.117. The van der Waals surface area contributed by atoms with E-state index in [0.717, 1.165) is 0 Å². The van der Waals surface area contributed by atoms with Gasteiger partial charge in [0, 0.05) is 19.3 Å². The maximum Gasteiger partial charge on any atom is 0.523 e. The number of nitrogens with zero attached hydrogens (tertiary/aromatic N) is 1. The molecule has 28 heavy (non-hydrogen) atoms. The molecular formula is C16H22F3NO7S. The number of hydrogen-bond acceptors (Lipinski definition) is 7. The van der Waals surface area contributed by atoms with E-state index >= 15 is 0 Å². The Balaban J connectivity index is 2.13. The van der Waals surface area contributed by atoms with Gasteiger partial charge >= 0.3 is 21.6 Å². The number of alkyl halides is 3. The van der Waals surface area contributed by atoms with Crippen LogP contribution in [0.4, 0.5) is 13.2 Å². The van der Waals surface area contributed by atoms with Gasteiger partial charge in [0.25, 0.3) is 0 Å². The zero-order chi connectivity index (χ0) is 21.0. The summed E-state index contributed by atoms with van der Waals surface area (Å²) < 4.78 is 81.1. The number of rotatable bonds is 8. The predicted octanol–water partition coefficient (Wildman–Crippen LogP) is 2.19.